The topological polar surface area (TPSA) is 86.3 Å². The van der Waals surface area contributed by atoms with Crippen LogP contribution in [0.4, 0.5) is 0 Å². The van der Waals surface area contributed by atoms with Gasteiger partial charge in [0.1, 0.15) is 11.7 Å². The van der Waals surface area contributed by atoms with Crippen LogP contribution in [0.25, 0.3) is 11.3 Å². The number of benzene rings is 1. The van der Waals surface area contributed by atoms with Crippen LogP contribution >= 0.6 is 0 Å². The van der Waals surface area contributed by atoms with Crippen LogP contribution in [0.3, 0.4) is 0 Å². The summed E-state index contributed by atoms with van der Waals surface area (Å²) in [7, 11) is 0. The summed E-state index contributed by atoms with van der Waals surface area (Å²) in [6, 6.07) is 8.77. The lowest BCUT2D eigenvalue weighted by atomic mass is 10.1. The van der Waals surface area contributed by atoms with Crippen molar-refractivity contribution >= 4 is 11.9 Å². The fourth-order valence-corrected chi connectivity index (χ4v) is 2.72. The molecule has 2 heterocycles. The van der Waals surface area contributed by atoms with E-state index in [2.05, 4.69) is 10.2 Å². The third-order valence-electron chi connectivity index (χ3n) is 3.95. The zero-order valence-electron chi connectivity index (χ0n) is 12.2. The van der Waals surface area contributed by atoms with Crippen molar-refractivity contribution in [1.82, 2.24) is 15.1 Å². The normalized spacial score (nSPS) is 17.7. The molecule has 114 valence electrons. The van der Waals surface area contributed by atoms with Crippen molar-refractivity contribution in [3.8, 4) is 11.3 Å². The first-order valence-corrected chi connectivity index (χ1v) is 7.22. The SMILES string of the molecule is Cc1ccc(-c2cc(C(=O)N3CCC[C@@H]3C(=O)O)[nH]n2)cc1. The van der Waals surface area contributed by atoms with Gasteiger partial charge in [0.25, 0.3) is 5.91 Å². The zero-order valence-corrected chi connectivity index (χ0v) is 12.2. The number of rotatable bonds is 3. The quantitative estimate of drug-likeness (QED) is 0.908. The molecule has 1 aliphatic heterocycles. The van der Waals surface area contributed by atoms with Crippen molar-refractivity contribution in [3.63, 3.8) is 0 Å². The lowest BCUT2D eigenvalue weighted by Crippen LogP contribution is -2.40. The molecule has 0 radical (unpaired) electrons. The Labute approximate surface area is 127 Å². The first kappa shape index (κ1) is 14.3. The van der Waals surface area contributed by atoms with E-state index in [0.29, 0.717) is 30.8 Å². The number of aryl methyl sites for hydroxylation is 1. The fourth-order valence-electron chi connectivity index (χ4n) is 2.72. The van der Waals surface area contributed by atoms with E-state index < -0.39 is 12.0 Å². The zero-order chi connectivity index (χ0) is 15.7. The molecule has 1 aliphatic rings. The van der Waals surface area contributed by atoms with Crippen molar-refractivity contribution in [1.29, 1.82) is 0 Å². The van der Waals surface area contributed by atoms with Gasteiger partial charge in [-0.15, -0.1) is 0 Å². The fraction of sp³-hybridized carbons (Fsp3) is 0.312. The van der Waals surface area contributed by atoms with Gasteiger partial charge in [-0.05, 0) is 25.8 Å². The Kier molecular flexibility index (Phi) is 3.66. The van der Waals surface area contributed by atoms with E-state index in [4.69, 9.17) is 5.11 Å². The van der Waals surface area contributed by atoms with Crippen LogP contribution in [0, 0.1) is 6.92 Å². The minimum Gasteiger partial charge on any atom is -0.480 e. The summed E-state index contributed by atoms with van der Waals surface area (Å²) < 4.78 is 0. The summed E-state index contributed by atoms with van der Waals surface area (Å²) >= 11 is 0. The summed E-state index contributed by atoms with van der Waals surface area (Å²) in [4.78, 5) is 25.0. The van der Waals surface area contributed by atoms with E-state index in [9.17, 15) is 9.59 Å². The highest BCUT2D eigenvalue weighted by Crippen LogP contribution is 2.22. The Morgan fingerprint density at radius 1 is 1.32 bits per heavy atom. The maximum Gasteiger partial charge on any atom is 0.326 e. The highest BCUT2D eigenvalue weighted by Gasteiger charge is 2.35. The van der Waals surface area contributed by atoms with Gasteiger partial charge < -0.3 is 10.0 Å². The van der Waals surface area contributed by atoms with Gasteiger partial charge in [-0.2, -0.15) is 5.10 Å². The van der Waals surface area contributed by atoms with E-state index in [1.54, 1.807) is 6.07 Å². The number of nitrogens with zero attached hydrogens (tertiary/aromatic N) is 2. The average molecular weight is 299 g/mol. The van der Waals surface area contributed by atoms with Gasteiger partial charge in [0.05, 0.1) is 5.69 Å². The monoisotopic (exact) mass is 299 g/mol. The van der Waals surface area contributed by atoms with Crippen LogP contribution in [-0.4, -0.2) is 44.7 Å². The number of H-pyrrole nitrogens is 1. The van der Waals surface area contributed by atoms with Crippen LogP contribution in [0.1, 0.15) is 28.9 Å². The summed E-state index contributed by atoms with van der Waals surface area (Å²) in [5.41, 5.74) is 3.06. The van der Waals surface area contributed by atoms with Gasteiger partial charge in [0.2, 0.25) is 0 Å². The third-order valence-corrected chi connectivity index (χ3v) is 3.95. The van der Waals surface area contributed by atoms with Crippen LogP contribution in [-0.2, 0) is 4.79 Å². The van der Waals surface area contributed by atoms with Gasteiger partial charge in [0, 0.05) is 12.1 Å². The summed E-state index contributed by atoms with van der Waals surface area (Å²) in [5, 5.41) is 16.0. The molecule has 1 fully saturated rings. The molecule has 1 aromatic carbocycles. The van der Waals surface area contributed by atoms with Gasteiger partial charge in [-0.3, -0.25) is 9.89 Å². The lowest BCUT2D eigenvalue weighted by Gasteiger charge is -2.20. The second-order valence-corrected chi connectivity index (χ2v) is 5.53. The molecule has 1 aromatic heterocycles. The van der Waals surface area contributed by atoms with Crippen LogP contribution in [0.15, 0.2) is 30.3 Å². The van der Waals surface area contributed by atoms with Crippen LogP contribution in [0.2, 0.25) is 0 Å². The molecular formula is C16H17N3O3. The van der Waals surface area contributed by atoms with E-state index in [-0.39, 0.29) is 5.91 Å². The van der Waals surface area contributed by atoms with Gasteiger partial charge >= 0.3 is 5.97 Å². The van der Waals surface area contributed by atoms with Crippen molar-refractivity contribution in [3.05, 3.63) is 41.6 Å². The number of carbonyl (C=O) groups excluding carboxylic acids is 1. The Morgan fingerprint density at radius 2 is 2.05 bits per heavy atom. The Balaban J connectivity index is 1.82. The number of amides is 1. The number of carbonyl (C=O) groups is 2. The van der Waals surface area contributed by atoms with E-state index >= 15 is 0 Å². The van der Waals surface area contributed by atoms with Gasteiger partial charge in [-0.25, -0.2) is 4.79 Å². The molecule has 1 amide bonds. The van der Waals surface area contributed by atoms with E-state index in [1.165, 1.54) is 4.90 Å². The molecule has 0 unspecified atom stereocenters. The number of hydrogen-bond acceptors (Lipinski definition) is 3. The van der Waals surface area contributed by atoms with Gasteiger partial charge in [-0.1, -0.05) is 29.8 Å². The maximum atomic E-state index is 12.5. The maximum absolute atomic E-state index is 12.5. The average Bonchev–Trinajstić information content (AvgIpc) is 3.17. The van der Waals surface area contributed by atoms with Gasteiger partial charge in [0.15, 0.2) is 0 Å². The number of nitrogens with one attached hydrogen (secondary N) is 1. The Morgan fingerprint density at radius 3 is 2.73 bits per heavy atom. The van der Waals surface area contributed by atoms with Crippen LogP contribution in [0.5, 0.6) is 0 Å². The molecule has 2 aromatic rings. The molecule has 2 N–H and O–H groups in total. The number of carboxylic acids is 1. The molecular weight excluding hydrogens is 282 g/mol. The van der Waals surface area contributed by atoms with Crippen molar-refractivity contribution in [2.24, 2.45) is 0 Å². The molecule has 0 aliphatic carbocycles. The standard InChI is InChI=1S/C16H17N3O3/c1-10-4-6-11(7-5-10)12-9-13(18-17-12)15(20)19-8-2-3-14(19)16(21)22/h4-7,9,14H,2-3,8H2,1H3,(H,17,18)(H,21,22)/t14-/m1/s1. The molecule has 1 atom stereocenters. The number of aliphatic carboxylic acids is 1. The Hall–Kier alpha value is -2.63. The smallest absolute Gasteiger partial charge is 0.326 e. The predicted octanol–water partition coefficient (Wildman–Crippen LogP) is 2.07. The summed E-state index contributed by atoms with van der Waals surface area (Å²) in [6.07, 6.45) is 1.21. The number of likely N-dealkylation sites (tertiary alicyclic amines) is 1. The molecule has 3 rings (SSSR count). The molecule has 0 spiro atoms. The largest absolute Gasteiger partial charge is 0.480 e. The van der Waals surface area contributed by atoms with Crippen molar-refractivity contribution < 1.29 is 14.7 Å². The number of aromatic amines is 1. The highest BCUT2D eigenvalue weighted by atomic mass is 16.4. The number of hydrogen-bond donors (Lipinski definition) is 2. The van der Waals surface area contributed by atoms with E-state index in [1.807, 2.05) is 31.2 Å². The lowest BCUT2D eigenvalue weighted by molar-refractivity contribution is -0.141. The van der Waals surface area contributed by atoms with Crippen molar-refractivity contribution in [2.45, 2.75) is 25.8 Å². The molecule has 0 saturated carbocycles. The number of carboxylic acid groups (broad SMARTS) is 1. The number of aromatic nitrogens is 2. The highest BCUT2D eigenvalue weighted by molar-refractivity contribution is 5.96. The molecule has 22 heavy (non-hydrogen) atoms. The predicted molar refractivity (Wildman–Crippen MR) is 80.5 cm³/mol. The second-order valence-electron chi connectivity index (χ2n) is 5.53. The first-order chi connectivity index (χ1) is 10.6. The molecule has 6 nitrogen and oxygen atoms in total. The molecule has 0 bridgehead atoms. The minimum absolute atomic E-state index is 0.309. The summed E-state index contributed by atoms with van der Waals surface area (Å²) in [6.45, 7) is 2.47. The third kappa shape index (κ3) is 2.59. The van der Waals surface area contributed by atoms with Crippen LogP contribution < -0.4 is 0 Å². The minimum atomic E-state index is -0.955. The Bertz CT molecular complexity index is 706. The first-order valence-electron chi connectivity index (χ1n) is 7.22. The summed E-state index contributed by atoms with van der Waals surface area (Å²) in [5.74, 6) is -1.26. The molecule has 6 heteroatoms. The van der Waals surface area contributed by atoms with Crippen molar-refractivity contribution in [2.75, 3.05) is 6.54 Å². The second kappa shape index (κ2) is 5.63. The molecule has 1 saturated heterocycles. The van der Waals surface area contributed by atoms with E-state index in [0.717, 1.165) is 11.1 Å².